The van der Waals surface area contributed by atoms with Gasteiger partial charge in [-0.2, -0.15) is 0 Å². The molecule has 108 valence electrons. The van der Waals surface area contributed by atoms with Gasteiger partial charge in [0.25, 0.3) is 0 Å². The zero-order chi connectivity index (χ0) is 15.1. The number of halogens is 1. The lowest BCUT2D eigenvalue weighted by Crippen LogP contribution is -2.40. The highest BCUT2D eigenvalue weighted by atomic mass is 19.1. The number of carbonyl (C=O) groups excluding carboxylic acids is 2. The van der Waals surface area contributed by atoms with E-state index in [1.807, 2.05) is 0 Å². The minimum Gasteiger partial charge on any atom is -0.481 e. The third kappa shape index (κ3) is 5.05. The van der Waals surface area contributed by atoms with E-state index in [0.717, 1.165) is 4.90 Å². The van der Waals surface area contributed by atoms with E-state index in [0.29, 0.717) is 5.69 Å². The Hall–Kier alpha value is -2.44. The molecule has 0 atom stereocenters. The number of carboxylic acid groups (broad SMARTS) is 1. The molecule has 0 saturated heterocycles. The summed E-state index contributed by atoms with van der Waals surface area (Å²) in [5.74, 6) is -1.97. The molecule has 0 unspecified atom stereocenters. The van der Waals surface area contributed by atoms with Crippen LogP contribution in [0.4, 0.5) is 14.9 Å². The number of hydrogen-bond acceptors (Lipinski definition) is 3. The third-order valence-electron chi connectivity index (χ3n) is 2.56. The van der Waals surface area contributed by atoms with E-state index in [-0.39, 0.29) is 19.3 Å². The second-order valence-electron chi connectivity index (χ2n) is 4.14. The molecule has 6 nitrogen and oxygen atoms in total. The van der Waals surface area contributed by atoms with Crippen LogP contribution in [0.1, 0.15) is 19.3 Å². The van der Waals surface area contributed by atoms with Crippen LogP contribution in [0.15, 0.2) is 24.3 Å². The van der Waals surface area contributed by atoms with Crippen molar-refractivity contribution in [2.75, 3.05) is 11.9 Å². The van der Waals surface area contributed by atoms with E-state index in [1.54, 1.807) is 0 Å². The molecule has 1 aromatic rings. The molecular weight excluding hydrogens is 267 g/mol. The first-order valence-corrected chi connectivity index (χ1v) is 5.95. The van der Waals surface area contributed by atoms with Gasteiger partial charge in [-0.05, 0) is 30.7 Å². The predicted octanol–water partition coefficient (Wildman–Crippen LogP) is 1.75. The first-order valence-electron chi connectivity index (χ1n) is 5.95. The molecule has 0 fully saturated rings. The summed E-state index contributed by atoms with van der Waals surface area (Å²) >= 11 is 0. The lowest BCUT2D eigenvalue weighted by atomic mass is 10.2. The van der Waals surface area contributed by atoms with Crippen LogP contribution >= 0.6 is 0 Å². The Balaban J connectivity index is 2.47. The number of urea groups is 1. The van der Waals surface area contributed by atoms with Gasteiger partial charge in [0.1, 0.15) is 5.82 Å². The largest absolute Gasteiger partial charge is 0.481 e. The van der Waals surface area contributed by atoms with Crippen molar-refractivity contribution in [2.24, 2.45) is 0 Å². The highest BCUT2D eigenvalue weighted by Crippen LogP contribution is 2.13. The normalized spacial score (nSPS) is 9.90. The van der Waals surface area contributed by atoms with Crippen LogP contribution in [0.25, 0.3) is 0 Å². The van der Waals surface area contributed by atoms with E-state index in [9.17, 15) is 18.8 Å². The number of aliphatic carboxylic acids is 1. The molecule has 0 aliphatic rings. The maximum atomic E-state index is 12.7. The van der Waals surface area contributed by atoms with Gasteiger partial charge in [0.15, 0.2) is 0 Å². The number of carboxylic acids is 1. The van der Waals surface area contributed by atoms with E-state index >= 15 is 0 Å². The number of nitrogens with one attached hydrogen (secondary N) is 1. The van der Waals surface area contributed by atoms with Gasteiger partial charge in [0.2, 0.25) is 5.91 Å². The molecule has 0 spiro atoms. The van der Waals surface area contributed by atoms with Crippen LogP contribution in [-0.2, 0) is 9.59 Å². The van der Waals surface area contributed by atoms with Crippen LogP contribution < -0.4 is 10.2 Å². The second kappa shape index (κ2) is 7.22. The Morgan fingerprint density at radius 3 is 2.35 bits per heavy atom. The summed E-state index contributed by atoms with van der Waals surface area (Å²) in [7, 11) is 1.44. The Morgan fingerprint density at radius 2 is 1.80 bits per heavy atom. The molecule has 2 N–H and O–H groups in total. The second-order valence-corrected chi connectivity index (χ2v) is 4.14. The molecule has 7 heteroatoms. The number of carbonyl (C=O) groups is 3. The maximum Gasteiger partial charge on any atom is 0.328 e. The standard InChI is InChI=1S/C13H15FN2O4/c1-16(10-7-5-9(14)6-8-10)13(20)15-11(17)3-2-4-12(18)19/h5-8H,2-4H2,1H3,(H,18,19)(H,15,17,20). The molecule has 1 aromatic carbocycles. The predicted molar refractivity (Wildman–Crippen MR) is 69.8 cm³/mol. The molecule has 0 aliphatic carbocycles. The molecule has 3 amide bonds. The summed E-state index contributed by atoms with van der Waals surface area (Å²) in [6.07, 6.45) is -0.0145. The Bertz CT molecular complexity index is 502. The van der Waals surface area contributed by atoms with Gasteiger partial charge in [0, 0.05) is 25.6 Å². The summed E-state index contributed by atoms with van der Waals surface area (Å²) in [6.45, 7) is 0. The van der Waals surface area contributed by atoms with Crippen molar-refractivity contribution < 1.29 is 23.9 Å². The number of imide groups is 1. The molecule has 0 heterocycles. The molecule has 0 saturated carbocycles. The highest BCUT2D eigenvalue weighted by Gasteiger charge is 2.14. The monoisotopic (exact) mass is 282 g/mol. The average molecular weight is 282 g/mol. The Labute approximate surface area is 115 Å². The van der Waals surface area contributed by atoms with E-state index in [1.165, 1.54) is 31.3 Å². The first-order chi connectivity index (χ1) is 9.40. The van der Waals surface area contributed by atoms with Gasteiger partial charge in [-0.15, -0.1) is 0 Å². The average Bonchev–Trinajstić information content (AvgIpc) is 2.38. The van der Waals surface area contributed by atoms with Gasteiger partial charge in [0.05, 0.1) is 0 Å². The van der Waals surface area contributed by atoms with Crippen molar-refractivity contribution >= 4 is 23.6 Å². The van der Waals surface area contributed by atoms with Crippen molar-refractivity contribution in [3.63, 3.8) is 0 Å². The molecule has 0 bridgehead atoms. The van der Waals surface area contributed by atoms with E-state index in [4.69, 9.17) is 5.11 Å². The van der Waals surface area contributed by atoms with Crippen LogP contribution in [-0.4, -0.2) is 30.1 Å². The molecule has 1 rings (SSSR count). The van der Waals surface area contributed by atoms with E-state index in [2.05, 4.69) is 5.32 Å². The van der Waals surface area contributed by atoms with Crippen molar-refractivity contribution in [2.45, 2.75) is 19.3 Å². The minimum absolute atomic E-state index is 0.0463. The van der Waals surface area contributed by atoms with Crippen LogP contribution in [0.2, 0.25) is 0 Å². The van der Waals surface area contributed by atoms with Crippen molar-refractivity contribution in [3.05, 3.63) is 30.1 Å². The SMILES string of the molecule is CN(C(=O)NC(=O)CCCC(=O)O)c1ccc(F)cc1. The van der Waals surface area contributed by atoms with Gasteiger partial charge in [-0.25, -0.2) is 9.18 Å². The summed E-state index contributed by atoms with van der Waals surface area (Å²) in [4.78, 5) is 34.6. The van der Waals surface area contributed by atoms with Crippen LogP contribution in [0.3, 0.4) is 0 Å². The van der Waals surface area contributed by atoms with Gasteiger partial charge in [-0.3, -0.25) is 19.8 Å². The molecule has 0 aromatic heterocycles. The summed E-state index contributed by atoms with van der Waals surface area (Å²) in [6, 6.07) is 4.56. The molecule has 0 radical (unpaired) electrons. The fraction of sp³-hybridized carbons (Fsp3) is 0.308. The zero-order valence-corrected chi connectivity index (χ0v) is 10.9. The van der Waals surface area contributed by atoms with Crippen molar-refractivity contribution in [1.29, 1.82) is 0 Å². The summed E-state index contributed by atoms with van der Waals surface area (Å²) in [5, 5.41) is 10.6. The number of hydrogen-bond donors (Lipinski definition) is 2. The molecular formula is C13H15FN2O4. The van der Waals surface area contributed by atoms with Gasteiger partial charge >= 0.3 is 12.0 Å². The topological polar surface area (TPSA) is 86.7 Å². The quantitative estimate of drug-likeness (QED) is 0.861. The smallest absolute Gasteiger partial charge is 0.328 e. The summed E-state index contributed by atoms with van der Waals surface area (Å²) in [5.41, 5.74) is 0.433. The lowest BCUT2D eigenvalue weighted by molar-refractivity contribution is -0.137. The zero-order valence-electron chi connectivity index (χ0n) is 10.9. The first kappa shape index (κ1) is 15.6. The van der Waals surface area contributed by atoms with Gasteiger partial charge in [-0.1, -0.05) is 0 Å². The Kier molecular flexibility index (Phi) is 5.64. The van der Waals surface area contributed by atoms with Crippen LogP contribution in [0, 0.1) is 5.82 Å². The number of amides is 3. The number of rotatable bonds is 5. The number of anilines is 1. The third-order valence-corrected chi connectivity index (χ3v) is 2.56. The lowest BCUT2D eigenvalue weighted by Gasteiger charge is -2.17. The maximum absolute atomic E-state index is 12.7. The fourth-order valence-corrected chi connectivity index (χ4v) is 1.45. The summed E-state index contributed by atoms with van der Waals surface area (Å²) < 4.78 is 12.7. The van der Waals surface area contributed by atoms with Crippen molar-refractivity contribution in [1.82, 2.24) is 5.32 Å². The molecule has 20 heavy (non-hydrogen) atoms. The molecule has 0 aliphatic heterocycles. The number of nitrogens with zero attached hydrogens (tertiary/aromatic N) is 1. The van der Waals surface area contributed by atoms with Crippen LogP contribution in [0.5, 0.6) is 0 Å². The fourth-order valence-electron chi connectivity index (χ4n) is 1.45. The highest BCUT2D eigenvalue weighted by molar-refractivity contribution is 6.02. The Morgan fingerprint density at radius 1 is 1.20 bits per heavy atom. The minimum atomic E-state index is -0.993. The van der Waals surface area contributed by atoms with Crippen molar-refractivity contribution in [3.8, 4) is 0 Å². The number of benzene rings is 1. The van der Waals surface area contributed by atoms with E-state index < -0.39 is 23.7 Å². The van der Waals surface area contributed by atoms with Gasteiger partial charge < -0.3 is 5.11 Å².